The van der Waals surface area contributed by atoms with Crippen molar-refractivity contribution >= 4 is 61.2 Å². The highest BCUT2D eigenvalue weighted by atomic mass is 79.9. The van der Waals surface area contributed by atoms with Crippen molar-refractivity contribution < 1.29 is 28.3 Å². The summed E-state index contributed by atoms with van der Waals surface area (Å²) in [6, 6.07) is 4.01. The number of likely N-dealkylation sites (tertiary alicyclic amines) is 1. The van der Waals surface area contributed by atoms with Crippen LogP contribution in [0, 0.1) is 29.5 Å². The number of carbonyl (C=O) groups excluding carboxylic acids is 4. The number of imide groups is 1. The van der Waals surface area contributed by atoms with Crippen molar-refractivity contribution in [3.63, 3.8) is 0 Å². The monoisotopic (exact) mass is 544 g/mol. The molecule has 2 saturated carbocycles. The normalized spacial score (nSPS) is 32.9. The van der Waals surface area contributed by atoms with Crippen LogP contribution in [-0.2, 0) is 23.9 Å². The largest absolute Gasteiger partial charge is 0.454 e. The van der Waals surface area contributed by atoms with Gasteiger partial charge in [0.05, 0.1) is 11.8 Å². The van der Waals surface area contributed by atoms with Crippen LogP contribution in [0.5, 0.6) is 0 Å². The molecule has 0 aromatic heterocycles. The molecule has 1 N–H and O–H groups in total. The summed E-state index contributed by atoms with van der Waals surface area (Å²) in [5.41, 5.74) is 0.354. The number of rotatable bonds is 5. The van der Waals surface area contributed by atoms with Crippen LogP contribution in [0.15, 0.2) is 24.3 Å². The molecular weight excluding hydrogens is 527 g/mol. The minimum Gasteiger partial charge on any atom is -0.454 e. The minimum atomic E-state index is -1.11. The summed E-state index contributed by atoms with van der Waals surface area (Å²) in [5, 5.41) is 2.47. The first kappa shape index (κ1) is 21.4. The van der Waals surface area contributed by atoms with Gasteiger partial charge < -0.3 is 10.1 Å². The zero-order valence-electron chi connectivity index (χ0n) is 15.9. The average molecular weight is 546 g/mol. The molecule has 0 radical (unpaired) electrons. The van der Waals surface area contributed by atoms with Crippen LogP contribution in [0.25, 0.3) is 0 Å². The third kappa shape index (κ3) is 3.47. The molecule has 30 heavy (non-hydrogen) atoms. The number of halogens is 3. The number of fused-ring (bicyclic) bond motifs is 5. The summed E-state index contributed by atoms with van der Waals surface area (Å²) in [4.78, 5) is 51.5. The van der Waals surface area contributed by atoms with Crippen LogP contribution in [0.2, 0.25) is 0 Å². The van der Waals surface area contributed by atoms with Crippen LogP contribution in [0.4, 0.5) is 10.1 Å². The SMILES string of the molecule is C[C@H](C(=O)OCC(=O)Nc1ccc(F)cc1)N1C(=O)[C@@H]2[C@H]3C[C@@H]([C@H](Br)[C@@H]3Br)[C@@H]2C1=O. The number of carbonyl (C=O) groups is 4. The number of benzene rings is 1. The fourth-order valence-corrected chi connectivity index (χ4v) is 6.72. The van der Waals surface area contributed by atoms with Crippen LogP contribution in [0.1, 0.15) is 13.3 Å². The lowest BCUT2D eigenvalue weighted by Crippen LogP contribution is -2.45. The Balaban J connectivity index is 1.36. The van der Waals surface area contributed by atoms with Gasteiger partial charge in [-0.05, 0) is 49.4 Å². The van der Waals surface area contributed by atoms with Crippen molar-refractivity contribution in [1.82, 2.24) is 4.90 Å². The molecule has 3 fully saturated rings. The van der Waals surface area contributed by atoms with Crippen molar-refractivity contribution in [3.8, 4) is 0 Å². The molecule has 7 nitrogen and oxygen atoms in total. The maximum Gasteiger partial charge on any atom is 0.329 e. The minimum absolute atomic E-state index is 0.0514. The Hall–Kier alpha value is -1.81. The summed E-state index contributed by atoms with van der Waals surface area (Å²) in [6.07, 6.45) is 0.800. The van der Waals surface area contributed by atoms with Gasteiger partial charge in [-0.15, -0.1) is 0 Å². The third-order valence-electron chi connectivity index (χ3n) is 6.22. The Morgan fingerprint density at radius 1 is 1.13 bits per heavy atom. The van der Waals surface area contributed by atoms with Gasteiger partial charge in [0.1, 0.15) is 11.9 Å². The summed E-state index contributed by atoms with van der Waals surface area (Å²) < 4.78 is 17.9. The van der Waals surface area contributed by atoms with E-state index in [1.165, 1.54) is 31.2 Å². The van der Waals surface area contributed by atoms with E-state index in [0.717, 1.165) is 11.3 Å². The summed E-state index contributed by atoms with van der Waals surface area (Å²) in [5.74, 6) is -3.31. The molecule has 7 atom stereocenters. The topological polar surface area (TPSA) is 92.8 Å². The van der Waals surface area contributed by atoms with Crippen molar-refractivity contribution in [2.75, 3.05) is 11.9 Å². The predicted octanol–water partition coefficient (Wildman–Crippen LogP) is 2.47. The van der Waals surface area contributed by atoms with E-state index in [0.29, 0.717) is 5.69 Å². The van der Waals surface area contributed by atoms with E-state index < -0.39 is 42.2 Å². The van der Waals surface area contributed by atoms with Crippen LogP contribution in [0.3, 0.4) is 0 Å². The molecule has 2 bridgehead atoms. The molecule has 160 valence electrons. The average Bonchev–Trinajstić information content (AvgIpc) is 3.32. The Bertz CT molecular complexity index is 879. The van der Waals surface area contributed by atoms with Crippen molar-refractivity contribution in [1.29, 1.82) is 0 Å². The molecule has 0 unspecified atom stereocenters. The first-order valence-electron chi connectivity index (χ1n) is 9.57. The molecule has 0 spiro atoms. The summed E-state index contributed by atoms with van der Waals surface area (Å²) in [6.45, 7) is 0.845. The molecule has 10 heteroatoms. The molecule has 4 rings (SSSR count). The Morgan fingerprint density at radius 2 is 1.67 bits per heavy atom. The predicted molar refractivity (Wildman–Crippen MR) is 111 cm³/mol. The Morgan fingerprint density at radius 3 is 2.20 bits per heavy atom. The lowest BCUT2D eigenvalue weighted by Gasteiger charge is -2.28. The fourth-order valence-electron chi connectivity index (χ4n) is 4.85. The molecule has 1 aromatic rings. The molecule has 1 aliphatic heterocycles. The number of esters is 1. The summed E-state index contributed by atoms with van der Waals surface area (Å²) in [7, 11) is 0. The second-order valence-corrected chi connectivity index (χ2v) is 10.0. The number of nitrogens with one attached hydrogen (secondary N) is 1. The van der Waals surface area contributed by atoms with Gasteiger partial charge in [-0.3, -0.25) is 19.3 Å². The first-order valence-corrected chi connectivity index (χ1v) is 11.4. The van der Waals surface area contributed by atoms with Gasteiger partial charge >= 0.3 is 5.97 Å². The molecule has 3 aliphatic rings. The second-order valence-electron chi connectivity index (χ2n) is 7.89. The van der Waals surface area contributed by atoms with Crippen molar-refractivity contribution in [2.24, 2.45) is 23.7 Å². The smallest absolute Gasteiger partial charge is 0.329 e. The standard InChI is InChI=1S/C20H19Br2FN2O5/c1-8(20(29)30-7-13(26)24-10-4-2-9(23)3-5-10)25-18(27)14-11-6-12(15(14)19(25)28)17(22)16(11)21/h2-5,8,11-12,14-17H,6-7H2,1H3,(H,24,26)/t8-,11-,12-,14-,15+,16-,17+/m1/s1. The van der Waals surface area contributed by atoms with Crippen molar-refractivity contribution in [3.05, 3.63) is 30.1 Å². The maximum atomic E-state index is 12.9. The van der Waals surface area contributed by atoms with Gasteiger partial charge in [0.15, 0.2) is 6.61 Å². The van der Waals surface area contributed by atoms with Gasteiger partial charge in [0.2, 0.25) is 11.8 Å². The highest BCUT2D eigenvalue weighted by Gasteiger charge is 2.67. The Labute approximate surface area is 188 Å². The molecule has 2 aliphatic carbocycles. The number of amides is 3. The zero-order chi connectivity index (χ0) is 21.7. The second kappa shape index (κ2) is 8.03. The molecule has 1 saturated heterocycles. The number of alkyl halides is 2. The number of hydrogen-bond acceptors (Lipinski definition) is 5. The van der Waals surface area contributed by atoms with Crippen LogP contribution < -0.4 is 5.32 Å². The van der Waals surface area contributed by atoms with Crippen LogP contribution >= 0.6 is 31.9 Å². The lowest BCUT2D eigenvalue weighted by atomic mass is 9.81. The van der Waals surface area contributed by atoms with E-state index in [1.807, 2.05) is 0 Å². The van der Waals surface area contributed by atoms with Gasteiger partial charge in [0.25, 0.3) is 5.91 Å². The summed E-state index contributed by atoms with van der Waals surface area (Å²) >= 11 is 7.23. The van der Waals surface area contributed by atoms with Gasteiger partial charge in [-0.25, -0.2) is 9.18 Å². The van der Waals surface area contributed by atoms with Crippen LogP contribution in [-0.4, -0.2) is 50.9 Å². The van der Waals surface area contributed by atoms with E-state index in [-0.39, 0.29) is 33.3 Å². The molecule has 1 aromatic carbocycles. The molecule has 1 heterocycles. The number of ether oxygens (including phenoxy) is 1. The van der Waals surface area contributed by atoms with E-state index in [9.17, 15) is 23.6 Å². The maximum absolute atomic E-state index is 12.9. The van der Waals surface area contributed by atoms with E-state index in [1.54, 1.807) is 0 Å². The fraction of sp³-hybridized carbons (Fsp3) is 0.500. The molecular formula is C20H19Br2FN2O5. The third-order valence-corrected chi connectivity index (χ3v) is 9.43. The number of anilines is 1. The number of hydrogen-bond donors (Lipinski definition) is 1. The van der Waals surface area contributed by atoms with Gasteiger partial charge in [-0.1, -0.05) is 31.9 Å². The zero-order valence-corrected chi connectivity index (χ0v) is 19.1. The van der Waals surface area contributed by atoms with Crippen molar-refractivity contribution in [2.45, 2.75) is 29.0 Å². The molecule has 3 amide bonds. The highest BCUT2D eigenvalue weighted by Crippen LogP contribution is 2.60. The van der Waals surface area contributed by atoms with E-state index in [4.69, 9.17) is 4.74 Å². The quantitative estimate of drug-likeness (QED) is 0.348. The number of nitrogens with zero attached hydrogens (tertiary/aromatic N) is 1. The van der Waals surface area contributed by atoms with E-state index in [2.05, 4.69) is 37.2 Å². The Kier molecular flexibility index (Phi) is 5.73. The first-order chi connectivity index (χ1) is 14.2. The van der Waals surface area contributed by atoms with Gasteiger partial charge in [0, 0.05) is 15.3 Å². The van der Waals surface area contributed by atoms with Gasteiger partial charge in [-0.2, -0.15) is 0 Å². The van der Waals surface area contributed by atoms with E-state index >= 15 is 0 Å². The lowest BCUT2D eigenvalue weighted by molar-refractivity contribution is -0.159. The highest BCUT2D eigenvalue weighted by molar-refractivity contribution is 9.12.